The lowest BCUT2D eigenvalue weighted by Crippen LogP contribution is -1.98. The fourth-order valence-electron chi connectivity index (χ4n) is 1.80. The van der Waals surface area contributed by atoms with Crippen LogP contribution < -0.4 is 5.73 Å². The zero-order valence-electron chi connectivity index (χ0n) is 9.45. The van der Waals surface area contributed by atoms with Gasteiger partial charge in [-0.1, -0.05) is 12.8 Å². The third-order valence-corrected chi connectivity index (χ3v) is 2.67. The molecule has 2 heterocycles. The molecule has 0 aliphatic heterocycles. The van der Waals surface area contributed by atoms with Gasteiger partial charge < -0.3 is 10.7 Å². The number of rotatable bonds is 6. The van der Waals surface area contributed by atoms with Crippen LogP contribution in [0.5, 0.6) is 0 Å². The molecule has 16 heavy (non-hydrogen) atoms. The van der Waals surface area contributed by atoms with Gasteiger partial charge in [0.25, 0.3) is 0 Å². The molecule has 0 aliphatic rings. The molecule has 0 saturated carbocycles. The molecule has 0 aromatic carbocycles. The van der Waals surface area contributed by atoms with Gasteiger partial charge in [-0.3, -0.25) is 0 Å². The summed E-state index contributed by atoms with van der Waals surface area (Å²) in [7, 11) is 0. The number of aromatic amines is 1. The highest BCUT2D eigenvalue weighted by Gasteiger charge is 2.02. The molecule has 0 atom stereocenters. The van der Waals surface area contributed by atoms with E-state index in [9.17, 15) is 0 Å². The third kappa shape index (κ3) is 2.79. The molecule has 0 saturated heterocycles. The van der Waals surface area contributed by atoms with Crippen molar-refractivity contribution in [3.63, 3.8) is 0 Å². The number of imidazole rings is 1. The summed E-state index contributed by atoms with van der Waals surface area (Å²) in [4.78, 5) is 11.9. The van der Waals surface area contributed by atoms with Gasteiger partial charge in [0, 0.05) is 12.6 Å². The standard InChI is InChI=1S/C12H18N4/c13-8-4-2-1-3-7-11-15-10-6-5-9-14-12(10)16-11/h5-6,9H,1-4,7-8,13H2,(H,14,15,16). The summed E-state index contributed by atoms with van der Waals surface area (Å²) in [6.07, 6.45) is 7.51. The molecule has 0 radical (unpaired) electrons. The fourth-order valence-corrected chi connectivity index (χ4v) is 1.80. The summed E-state index contributed by atoms with van der Waals surface area (Å²) in [6, 6.07) is 3.93. The van der Waals surface area contributed by atoms with Crippen LogP contribution in [0.4, 0.5) is 0 Å². The van der Waals surface area contributed by atoms with E-state index in [1.165, 1.54) is 19.3 Å². The van der Waals surface area contributed by atoms with Crippen molar-refractivity contribution in [2.24, 2.45) is 5.73 Å². The number of nitrogens with zero attached hydrogens (tertiary/aromatic N) is 2. The highest BCUT2D eigenvalue weighted by atomic mass is 15.0. The van der Waals surface area contributed by atoms with Crippen molar-refractivity contribution in [3.8, 4) is 0 Å². The highest BCUT2D eigenvalue weighted by Crippen LogP contribution is 2.10. The number of nitrogens with two attached hydrogens (primary N) is 1. The average Bonchev–Trinajstić information content (AvgIpc) is 2.71. The molecule has 4 heteroatoms. The summed E-state index contributed by atoms with van der Waals surface area (Å²) >= 11 is 0. The Morgan fingerprint density at radius 3 is 2.88 bits per heavy atom. The molecule has 3 N–H and O–H groups in total. The zero-order valence-corrected chi connectivity index (χ0v) is 9.45. The van der Waals surface area contributed by atoms with E-state index >= 15 is 0 Å². The van der Waals surface area contributed by atoms with E-state index in [0.29, 0.717) is 0 Å². The second-order valence-electron chi connectivity index (χ2n) is 4.01. The maximum absolute atomic E-state index is 5.45. The number of hydrogen-bond donors (Lipinski definition) is 2. The highest BCUT2D eigenvalue weighted by molar-refractivity contribution is 5.69. The minimum Gasteiger partial charge on any atom is -0.341 e. The van der Waals surface area contributed by atoms with Crippen molar-refractivity contribution in [3.05, 3.63) is 24.2 Å². The maximum atomic E-state index is 5.45. The third-order valence-electron chi connectivity index (χ3n) is 2.67. The van der Waals surface area contributed by atoms with E-state index in [2.05, 4.69) is 15.0 Å². The number of pyridine rings is 1. The molecule has 4 nitrogen and oxygen atoms in total. The van der Waals surface area contributed by atoms with Crippen LogP contribution in [0.25, 0.3) is 11.2 Å². The molecule has 0 unspecified atom stereocenters. The number of H-pyrrole nitrogens is 1. The van der Waals surface area contributed by atoms with Gasteiger partial charge in [0.05, 0.1) is 5.52 Å². The molecule has 0 aliphatic carbocycles. The summed E-state index contributed by atoms with van der Waals surface area (Å²) in [5.74, 6) is 1.04. The quantitative estimate of drug-likeness (QED) is 0.729. The number of aromatic nitrogens is 3. The van der Waals surface area contributed by atoms with Crippen LogP contribution in [-0.2, 0) is 6.42 Å². The molecule has 0 spiro atoms. The lowest BCUT2D eigenvalue weighted by atomic mass is 10.1. The molecule has 2 aromatic rings. The SMILES string of the molecule is NCCCCCCc1nc2ncccc2[nH]1. The monoisotopic (exact) mass is 218 g/mol. The van der Waals surface area contributed by atoms with Crippen LogP contribution in [0.3, 0.4) is 0 Å². The lowest BCUT2D eigenvalue weighted by Gasteiger charge is -1.97. The molecular weight excluding hydrogens is 200 g/mol. The fraction of sp³-hybridized carbons (Fsp3) is 0.500. The first-order chi connectivity index (χ1) is 7.90. The number of unbranched alkanes of at least 4 members (excludes halogenated alkanes) is 3. The van der Waals surface area contributed by atoms with Gasteiger partial charge in [0.2, 0.25) is 0 Å². The van der Waals surface area contributed by atoms with Crippen LogP contribution in [0.1, 0.15) is 31.5 Å². The number of aryl methyl sites for hydroxylation is 1. The molecule has 0 bridgehead atoms. The Labute approximate surface area is 95.3 Å². The van der Waals surface area contributed by atoms with Gasteiger partial charge in [-0.05, 0) is 31.5 Å². The second kappa shape index (κ2) is 5.61. The van der Waals surface area contributed by atoms with Crippen molar-refractivity contribution in [2.75, 3.05) is 6.54 Å². The zero-order chi connectivity index (χ0) is 11.2. The van der Waals surface area contributed by atoms with Gasteiger partial charge >= 0.3 is 0 Å². The minimum atomic E-state index is 0.800. The topological polar surface area (TPSA) is 67.6 Å². The van der Waals surface area contributed by atoms with E-state index in [1.807, 2.05) is 12.1 Å². The van der Waals surface area contributed by atoms with Crippen molar-refractivity contribution >= 4 is 11.2 Å². The first-order valence-corrected chi connectivity index (χ1v) is 5.90. The summed E-state index contributed by atoms with van der Waals surface area (Å²) in [5.41, 5.74) is 7.29. The van der Waals surface area contributed by atoms with Crippen molar-refractivity contribution in [2.45, 2.75) is 32.1 Å². The Balaban J connectivity index is 1.85. The normalized spacial score (nSPS) is 11.1. The summed E-state index contributed by atoms with van der Waals surface area (Å²) < 4.78 is 0. The molecule has 2 aromatic heterocycles. The minimum absolute atomic E-state index is 0.800. The van der Waals surface area contributed by atoms with Crippen molar-refractivity contribution in [1.82, 2.24) is 15.0 Å². The van der Waals surface area contributed by atoms with E-state index < -0.39 is 0 Å². The van der Waals surface area contributed by atoms with Crippen LogP contribution in [0.15, 0.2) is 18.3 Å². The predicted molar refractivity (Wildman–Crippen MR) is 65.1 cm³/mol. The molecule has 86 valence electrons. The van der Waals surface area contributed by atoms with Crippen LogP contribution in [0, 0.1) is 0 Å². The van der Waals surface area contributed by atoms with Crippen LogP contribution in [0.2, 0.25) is 0 Å². The Bertz CT molecular complexity index is 402. The first-order valence-electron chi connectivity index (χ1n) is 5.90. The smallest absolute Gasteiger partial charge is 0.177 e. The largest absolute Gasteiger partial charge is 0.341 e. The Morgan fingerprint density at radius 1 is 1.19 bits per heavy atom. The van der Waals surface area contributed by atoms with E-state index in [1.54, 1.807) is 6.20 Å². The van der Waals surface area contributed by atoms with Gasteiger partial charge in [-0.15, -0.1) is 0 Å². The number of nitrogens with one attached hydrogen (secondary N) is 1. The Morgan fingerprint density at radius 2 is 2.06 bits per heavy atom. The van der Waals surface area contributed by atoms with E-state index in [-0.39, 0.29) is 0 Å². The molecule has 2 rings (SSSR count). The average molecular weight is 218 g/mol. The van der Waals surface area contributed by atoms with Gasteiger partial charge in [0.15, 0.2) is 5.65 Å². The van der Waals surface area contributed by atoms with Crippen LogP contribution in [-0.4, -0.2) is 21.5 Å². The van der Waals surface area contributed by atoms with Crippen molar-refractivity contribution in [1.29, 1.82) is 0 Å². The van der Waals surface area contributed by atoms with E-state index in [4.69, 9.17) is 5.73 Å². The Kier molecular flexibility index (Phi) is 3.88. The number of hydrogen-bond acceptors (Lipinski definition) is 3. The molecule has 0 amide bonds. The van der Waals surface area contributed by atoms with E-state index in [0.717, 1.165) is 36.4 Å². The van der Waals surface area contributed by atoms with Crippen molar-refractivity contribution < 1.29 is 0 Å². The molecular formula is C12H18N4. The predicted octanol–water partition coefficient (Wildman–Crippen LogP) is 2.02. The Hall–Kier alpha value is -1.42. The van der Waals surface area contributed by atoms with Gasteiger partial charge in [-0.2, -0.15) is 0 Å². The summed E-state index contributed by atoms with van der Waals surface area (Å²) in [5, 5.41) is 0. The second-order valence-corrected chi connectivity index (χ2v) is 4.01. The molecule has 0 fully saturated rings. The maximum Gasteiger partial charge on any atom is 0.177 e. The van der Waals surface area contributed by atoms with Gasteiger partial charge in [0.1, 0.15) is 5.82 Å². The summed E-state index contributed by atoms with van der Waals surface area (Å²) in [6.45, 7) is 0.800. The first kappa shape index (κ1) is 11.1. The van der Waals surface area contributed by atoms with Crippen LogP contribution >= 0.6 is 0 Å². The number of fused-ring (bicyclic) bond motifs is 1. The lowest BCUT2D eigenvalue weighted by molar-refractivity contribution is 0.638. The van der Waals surface area contributed by atoms with Gasteiger partial charge in [-0.25, -0.2) is 9.97 Å².